The van der Waals surface area contributed by atoms with Crippen molar-refractivity contribution in [2.45, 2.75) is 25.2 Å². The van der Waals surface area contributed by atoms with Crippen molar-refractivity contribution in [2.24, 2.45) is 0 Å². The maximum absolute atomic E-state index is 6.48. The zero-order valence-corrected chi connectivity index (χ0v) is 20.2. The SMILES string of the molecule is CNC(=S)N1CCC(c2nc3c(-c4cnc5c(c4)C=CC=CC5)cnn3c(N)c2Br)CC1. The Morgan fingerprint density at radius 1 is 1.25 bits per heavy atom. The van der Waals surface area contributed by atoms with E-state index in [1.54, 1.807) is 4.52 Å². The standard InChI is InChI=1S/C23H24BrN7S/c1-26-23(32)30-9-7-14(8-10-30)20-19(24)21(25)31-22(29-20)17(13-28-31)16-11-15-5-3-2-4-6-18(15)27-12-16/h2-5,11-14H,6-10,25H2,1H3,(H,26,32). The highest BCUT2D eigenvalue weighted by molar-refractivity contribution is 9.10. The number of nitrogens with zero attached hydrogens (tertiary/aromatic N) is 5. The third-order valence-corrected chi connectivity index (χ3v) is 7.45. The molecule has 3 N–H and O–H groups in total. The fourth-order valence-corrected chi connectivity index (χ4v) is 5.15. The molecule has 164 valence electrons. The van der Waals surface area contributed by atoms with Crippen molar-refractivity contribution in [1.82, 2.24) is 29.8 Å². The van der Waals surface area contributed by atoms with Crippen LogP contribution < -0.4 is 11.1 Å². The van der Waals surface area contributed by atoms with Gasteiger partial charge in [-0.3, -0.25) is 4.98 Å². The van der Waals surface area contributed by atoms with Crippen molar-refractivity contribution < 1.29 is 0 Å². The van der Waals surface area contributed by atoms with Crippen molar-refractivity contribution >= 4 is 50.8 Å². The average Bonchev–Trinajstić information content (AvgIpc) is 3.11. The summed E-state index contributed by atoms with van der Waals surface area (Å²) >= 11 is 9.08. The molecule has 0 saturated carbocycles. The van der Waals surface area contributed by atoms with E-state index in [2.05, 4.69) is 55.5 Å². The van der Waals surface area contributed by atoms with Crippen LogP contribution in [-0.4, -0.2) is 49.7 Å². The van der Waals surface area contributed by atoms with E-state index >= 15 is 0 Å². The van der Waals surface area contributed by atoms with Crippen molar-refractivity contribution in [3.63, 3.8) is 0 Å². The number of allylic oxidation sites excluding steroid dienone is 3. The van der Waals surface area contributed by atoms with Gasteiger partial charge in [-0.1, -0.05) is 24.3 Å². The molecule has 3 aromatic heterocycles. The van der Waals surface area contributed by atoms with E-state index in [0.29, 0.717) is 11.7 Å². The number of fused-ring (bicyclic) bond motifs is 2. The second kappa shape index (κ2) is 8.63. The van der Waals surface area contributed by atoms with Gasteiger partial charge in [0.05, 0.1) is 22.1 Å². The zero-order valence-electron chi connectivity index (χ0n) is 17.8. The molecule has 0 unspecified atom stereocenters. The fourth-order valence-electron chi connectivity index (χ4n) is 4.39. The Morgan fingerprint density at radius 2 is 2.06 bits per heavy atom. The first-order valence-corrected chi connectivity index (χ1v) is 11.9. The van der Waals surface area contributed by atoms with Gasteiger partial charge >= 0.3 is 0 Å². The molecule has 0 radical (unpaired) electrons. The summed E-state index contributed by atoms with van der Waals surface area (Å²) in [5.41, 5.74) is 12.3. The molecule has 0 bridgehead atoms. The maximum atomic E-state index is 6.48. The lowest BCUT2D eigenvalue weighted by atomic mass is 9.93. The maximum Gasteiger partial charge on any atom is 0.168 e. The van der Waals surface area contributed by atoms with Crippen molar-refractivity contribution in [3.05, 3.63) is 58.1 Å². The highest BCUT2D eigenvalue weighted by Crippen LogP contribution is 2.37. The molecular formula is C23H24BrN7S. The number of hydrogen-bond acceptors (Lipinski definition) is 5. The summed E-state index contributed by atoms with van der Waals surface area (Å²) in [6.45, 7) is 1.79. The van der Waals surface area contributed by atoms with E-state index in [9.17, 15) is 0 Å². The summed E-state index contributed by atoms with van der Waals surface area (Å²) in [4.78, 5) is 12.0. The van der Waals surface area contributed by atoms with E-state index in [0.717, 1.165) is 75.7 Å². The van der Waals surface area contributed by atoms with Crippen LogP contribution in [0.3, 0.4) is 0 Å². The first kappa shape index (κ1) is 21.1. The normalized spacial score (nSPS) is 16.2. The summed E-state index contributed by atoms with van der Waals surface area (Å²) in [5.74, 6) is 0.866. The molecule has 1 aliphatic carbocycles. The molecular weight excluding hydrogens is 486 g/mol. The third kappa shape index (κ3) is 3.69. The predicted octanol–water partition coefficient (Wildman–Crippen LogP) is 3.95. The summed E-state index contributed by atoms with van der Waals surface area (Å²) in [6.07, 6.45) is 14.8. The summed E-state index contributed by atoms with van der Waals surface area (Å²) < 4.78 is 2.53. The number of halogens is 1. The number of piperidine rings is 1. The number of nitrogen functional groups attached to an aromatic ring is 1. The molecule has 4 heterocycles. The van der Waals surface area contributed by atoms with Gasteiger partial charge in [-0.25, -0.2) is 4.98 Å². The van der Waals surface area contributed by atoms with Crippen LogP contribution in [0.2, 0.25) is 0 Å². The number of anilines is 1. The molecule has 32 heavy (non-hydrogen) atoms. The summed E-state index contributed by atoms with van der Waals surface area (Å²) in [6, 6.07) is 2.15. The Balaban J connectivity index is 1.53. The number of hydrogen-bond donors (Lipinski definition) is 2. The smallest absolute Gasteiger partial charge is 0.168 e. The first-order chi connectivity index (χ1) is 15.6. The molecule has 1 fully saturated rings. The molecule has 3 aromatic rings. The number of likely N-dealkylation sites (tertiary alicyclic amines) is 1. The molecule has 0 atom stereocenters. The number of aromatic nitrogens is 4. The van der Waals surface area contributed by atoms with Crippen LogP contribution in [0.25, 0.3) is 22.9 Å². The van der Waals surface area contributed by atoms with Crippen LogP contribution in [0.5, 0.6) is 0 Å². The Morgan fingerprint density at radius 3 is 2.84 bits per heavy atom. The van der Waals surface area contributed by atoms with Crippen LogP contribution in [0.1, 0.15) is 35.7 Å². The molecule has 5 rings (SSSR count). The summed E-state index contributed by atoms with van der Waals surface area (Å²) in [7, 11) is 1.87. The monoisotopic (exact) mass is 509 g/mol. The summed E-state index contributed by atoms with van der Waals surface area (Å²) in [5, 5.41) is 8.39. The van der Waals surface area contributed by atoms with Crippen LogP contribution in [0.4, 0.5) is 5.82 Å². The zero-order chi connectivity index (χ0) is 22.2. The highest BCUT2D eigenvalue weighted by atomic mass is 79.9. The third-order valence-electron chi connectivity index (χ3n) is 6.18. The van der Waals surface area contributed by atoms with Crippen molar-refractivity contribution in [3.8, 4) is 11.1 Å². The van der Waals surface area contributed by atoms with Crippen LogP contribution >= 0.6 is 28.1 Å². The molecule has 0 aromatic carbocycles. The van der Waals surface area contributed by atoms with Crippen LogP contribution in [-0.2, 0) is 6.42 Å². The lowest BCUT2D eigenvalue weighted by molar-refractivity contribution is 0.308. The Bertz CT molecular complexity index is 1250. The second-order valence-electron chi connectivity index (χ2n) is 8.06. The molecule has 2 aliphatic rings. The number of nitrogens with two attached hydrogens (primary N) is 1. The fraction of sp³-hybridized carbons (Fsp3) is 0.304. The molecule has 0 spiro atoms. The molecule has 1 saturated heterocycles. The largest absolute Gasteiger partial charge is 0.383 e. The van der Waals surface area contributed by atoms with Gasteiger partial charge in [-0.15, -0.1) is 0 Å². The van der Waals surface area contributed by atoms with E-state index < -0.39 is 0 Å². The van der Waals surface area contributed by atoms with Gasteiger partial charge in [0, 0.05) is 49.8 Å². The number of nitrogens with one attached hydrogen (secondary N) is 1. The van der Waals surface area contributed by atoms with Crippen molar-refractivity contribution in [2.75, 3.05) is 25.9 Å². The van der Waals surface area contributed by atoms with Gasteiger partial charge < -0.3 is 16.0 Å². The average molecular weight is 510 g/mol. The van der Waals surface area contributed by atoms with E-state index in [1.165, 1.54) is 0 Å². The predicted molar refractivity (Wildman–Crippen MR) is 135 cm³/mol. The Labute approximate surface area is 200 Å². The van der Waals surface area contributed by atoms with Crippen LogP contribution in [0, 0.1) is 0 Å². The van der Waals surface area contributed by atoms with Gasteiger partial charge in [-0.2, -0.15) is 9.61 Å². The Kier molecular flexibility index (Phi) is 5.69. The number of thiocarbonyl (C=S) groups is 1. The quantitative estimate of drug-likeness (QED) is 0.506. The first-order valence-electron chi connectivity index (χ1n) is 10.7. The van der Waals surface area contributed by atoms with Gasteiger partial charge in [-0.05, 0) is 52.6 Å². The minimum Gasteiger partial charge on any atom is -0.383 e. The van der Waals surface area contributed by atoms with Crippen LogP contribution in [0.15, 0.2) is 41.2 Å². The van der Waals surface area contributed by atoms with Gasteiger partial charge in [0.25, 0.3) is 0 Å². The van der Waals surface area contributed by atoms with E-state index in [-0.39, 0.29) is 0 Å². The Hall–Kier alpha value is -2.78. The van der Waals surface area contributed by atoms with E-state index in [4.69, 9.17) is 27.9 Å². The molecule has 7 nitrogen and oxygen atoms in total. The number of pyridine rings is 1. The van der Waals surface area contributed by atoms with Gasteiger partial charge in [0.2, 0.25) is 0 Å². The lowest BCUT2D eigenvalue weighted by Gasteiger charge is -2.33. The second-order valence-corrected chi connectivity index (χ2v) is 9.24. The molecule has 0 amide bonds. The topological polar surface area (TPSA) is 84.4 Å². The molecule has 1 aliphatic heterocycles. The molecule has 9 heteroatoms. The van der Waals surface area contributed by atoms with Crippen molar-refractivity contribution in [1.29, 1.82) is 0 Å². The minimum absolute atomic E-state index is 0.300. The lowest BCUT2D eigenvalue weighted by Crippen LogP contribution is -2.42. The highest BCUT2D eigenvalue weighted by Gasteiger charge is 2.27. The number of rotatable bonds is 2. The van der Waals surface area contributed by atoms with Gasteiger partial charge in [0.1, 0.15) is 5.82 Å². The van der Waals surface area contributed by atoms with Gasteiger partial charge in [0.15, 0.2) is 10.8 Å². The minimum atomic E-state index is 0.300. The van der Waals surface area contributed by atoms with E-state index in [1.807, 2.05) is 25.5 Å².